The molecule has 2 nitrogen and oxygen atoms in total. The average Bonchev–Trinajstić information content (AvgIpc) is 3.64. The van der Waals surface area contributed by atoms with Gasteiger partial charge in [0, 0.05) is 22.1 Å². The van der Waals surface area contributed by atoms with Gasteiger partial charge in [-0.3, -0.25) is 0 Å². The lowest BCUT2D eigenvalue weighted by atomic mass is 9.95. The van der Waals surface area contributed by atoms with Gasteiger partial charge in [0.1, 0.15) is 5.58 Å². The van der Waals surface area contributed by atoms with Gasteiger partial charge in [0.2, 0.25) is 0 Å². The van der Waals surface area contributed by atoms with E-state index in [-0.39, 0.29) is 0 Å². The summed E-state index contributed by atoms with van der Waals surface area (Å²) < 4.78 is 6.67. The van der Waals surface area contributed by atoms with Gasteiger partial charge in [0.25, 0.3) is 0 Å². The second-order valence-electron chi connectivity index (χ2n) is 13.7. The van der Waals surface area contributed by atoms with Gasteiger partial charge in [-0.2, -0.15) is 0 Å². The zero-order valence-corrected chi connectivity index (χ0v) is 29.6. The normalized spacial score (nSPS) is 11.3. The summed E-state index contributed by atoms with van der Waals surface area (Å²) in [6.07, 6.45) is 0. The third kappa shape index (κ3) is 5.71. The number of benzene rings is 9. The maximum Gasteiger partial charge on any atom is 0.159 e. The highest BCUT2D eigenvalue weighted by atomic mass is 16.3. The molecule has 1 heterocycles. The highest BCUT2D eigenvalue weighted by Gasteiger charge is 2.21. The van der Waals surface area contributed by atoms with E-state index in [9.17, 15) is 0 Å². The van der Waals surface area contributed by atoms with E-state index in [4.69, 9.17) is 4.42 Å². The molecule has 254 valence electrons. The summed E-state index contributed by atoms with van der Waals surface area (Å²) in [5, 5.41) is 4.71. The van der Waals surface area contributed by atoms with Crippen LogP contribution in [0.1, 0.15) is 0 Å². The molecule has 1 aromatic heterocycles. The largest absolute Gasteiger partial charge is 0.454 e. The van der Waals surface area contributed by atoms with Crippen molar-refractivity contribution in [2.24, 2.45) is 0 Å². The van der Waals surface area contributed by atoms with Crippen molar-refractivity contribution in [1.29, 1.82) is 0 Å². The highest BCUT2D eigenvalue weighted by molar-refractivity contribution is 6.10. The van der Waals surface area contributed by atoms with E-state index in [1.165, 1.54) is 38.6 Å². The number of para-hydroxylation sites is 2. The number of rotatable bonds is 7. The van der Waals surface area contributed by atoms with E-state index < -0.39 is 0 Å². The topological polar surface area (TPSA) is 16.4 Å². The Hall–Kier alpha value is -7.16. The minimum absolute atomic E-state index is 0.858. The van der Waals surface area contributed by atoms with E-state index >= 15 is 0 Å². The van der Waals surface area contributed by atoms with Gasteiger partial charge in [-0.1, -0.05) is 164 Å². The fourth-order valence-electron chi connectivity index (χ4n) is 7.82. The molecule has 0 radical (unpaired) electrons. The summed E-state index contributed by atoms with van der Waals surface area (Å²) in [4.78, 5) is 2.35. The number of hydrogen-bond donors (Lipinski definition) is 0. The van der Waals surface area contributed by atoms with Crippen LogP contribution < -0.4 is 4.90 Å². The lowest BCUT2D eigenvalue weighted by Crippen LogP contribution is -2.10. The third-order valence-electron chi connectivity index (χ3n) is 10.4. The Labute approximate surface area is 314 Å². The first-order chi connectivity index (χ1) is 26.8. The van der Waals surface area contributed by atoms with Crippen molar-refractivity contribution < 1.29 is 4.42 Å². The summed E-state index contributed by atoms with van der Waals surface area (Å²) in [6.45, 7) is 0. The van der Waals surface area contributed by atoms with Crippen LogP contribution in [0.3, 0.4) is 0 Å². The molecule has 0 saturated heterocycles. The van der Waals surface area contributed by atoms with Crippen molar-refractivity contribution >= 4 is 49.8 Å². The van der Waals surface area contributed by atoms with Crippen molar-refractivity contribution in [2.45, 2.75) is 0 Å². The Bertz CT molecular complexity index is 2860. The van der Waals surface area contributed by atoms with Gasteiger partial charge in [-0.25, -0.2) is 0 Å². The van der Waals surface area contributed by atoms with Crippen LogP contribution in [0.5, 0.6) is 0 Å². The Morgan fingerprint density at radius 3 is 1.61 bits per heavy atom. The summed E-state index contributed by atoms with van der Waals surface area (Å²) in [5.74, 6) is 0. The van der Waals surface area contributed by atoms with Crippen LogP contribution in [0.15, 0.2) is 217 Å². The molecule has 0 aliphatic carbocycles. The van der Waals surface area contributed by atoms with E-state index in [1.807, 2.05) is 12.1 Å². The molecule has 0 unspecified atom stereocenters. The average molecular weight is 690 g/mol. The van der Waals surface area contributed by atoms with Gasteiger partial charge >= 0.3 is 0 Å². The first kappa shape index (κ1) is 31.6. The quantitative estimate of drug-likeness (QED) is 0.166. The first-order valence-electron chi connectivity index (χ1n) is 18.4. The molecule has 10 rings (SSSR count). The van der Waals surface area contributed by atoms with Crippen LogP contribution in [0.25, 0.3) is 77.2 Å². The van der Waals surface area contributed by atoms with E-state index in [0.29, 0.717) is 0 Å². The molecule has 0 aliphatic rings. The monoisotopic (exact) mass is 689 g/mol. The zero-order chi connectivity index (χ0) is 35.8. The maximum absolute atomic E-state index is 6.67. The second-order valence-corrected chi connectivity index (χ2v) is 13.7. The van der Waals surface area contributed by atoms with Crippen LogP contribution in [-0.4, -0.2) is 0 Å². The molecular weight excluding hydrogens is 655 g/mol. The highest BCUT2D eigenvalue weighted by Crippen LogP contribution is 2.45. The SMILES string of the molecule is c1ccc(-c2cc(-c3ccccc3)cc(N(c3ccc(-c4cccc(-c5cccc6ccccc56)c4)cc3)c3cccc4c3oc3ccccc34)c2)cc1. The van der Waals surface area contributed by atoms with Crippen LogP contribution in [0.4, 0.5) is 17.1 Å². The van der Waals surface area contributed by atoms with E-state index in [0.717, 1.165) is 55.7 Å². The second kappa shape index (κ2) is 13.4. The molecular formula is C52H35NO. The Morgan fingerprint density at radius 1 is 0.315 bits per heavy atom. The van der Waals surface area contributed by atoms with E-state index in [1.54, 1.807) is 0 Å². The fourth-order valence-corrected chi connectivity index (χ4v) is 7.82. The predicted octanol–water partition coefficient (Wildman–Crippen LogP) is 14.9. The zero-order valence-electron chi connectivity index (χ0n) is 29.6. The standard InChI is InChI=1S/C52H35NO/c1-3-14-36(15-4-1)42-33-43(37-16-5-2-6-17-37)35-45(34-42)53(50-26-13-25-49-48-23-9-10-27-51(48)54-52(49)50)44-30-28-38(29-31-44)40-20-11-21-41(32-40)47-24-12-19-39-18-7-8-22-46(39)47/h1-35H. The Kier molecular flexibility index (Phi) is 7.85. The molecule has 9 aromatic carbocycles. The predicted molar refractivity (Wildman–Crippen MR) is 228 cm³/mol. The molecule has 0 saturated carbocycles. The Balaban J connectivity index is 1.14. The molecule has 2 heteroatoms. The molecule has 10 aromatic rings. The molecule has 0 amide bonds. The number of hydrogen-bond acceptors (Lipinski definition) is 2. The van der Waals surface area contributed by atoms with Crippen molar-refractivity contribution in [3.05, 3.63) is 212 Å². The van der Waals surface area contributed by atoms with Gasteiger partial charge in [-0.15, -0.1) is 0 Å². The molecule has 0 bridgehead atoms. The molecule has 54 heavy (non-hydrogen) atoms. The van der Waals surface area contributed by atoms with Crippen LogP contribution in [0, 0.1) is 0 Å². The number of furan rings is 1. The molecule has 0 spiro atoms. The molecule has 0 N–H and O–H groups in total. The van der Waals surface area contributed by atoms with Crippen LogP contribution in [0.2, 0.25) is 0 Å². The van der Waals surface area contributed by atoms with Crippen LogP contribution >= 0.6 is 0 Å². The lowest BCUT2D eigenvalue weighted by molar-refractivity contribution is 0.669. The minimum Gasteiger partial charge on any atom is -0.454 e. The van der Waals surface area contributed by atoms with Gasteiger partial charge in [0.15, 0.2) is 5.58 Å². The maximum atomic E-state index is 6.67. The van der Waals surface area contributed by atoms with Gasteiger partial charge in [-0.05, 0) is 104 Å². The van der Waals surface area contributed by atoms with E-state index in [2.05, 4.69) is 205 Å². The Morgan fingerprint density at radius 2 is 0.852 bits per heavy atom. The summed E-state index contributed by atoms with van der Waals surface area (Å²) in [6, 6.07) is 75.9. The van der Waals surface area contributed by atoms with Gasteiger partial charge in [0.05, 0.1) is 5.69 Å². The number of fused-ring (bicyclic) bond motifs is 4. The number of nitrogens with zero attached hydrogens (tertiary/aromatic N) is 1. The summed E-state index contributed by atoms with van der Waals surface area (Å²) >= 11 is 0. The van der Waals surface area contributed by atoms with Crippen molar-refractivity contribution in [3.63, 3.8) is 0 Å². The molecule has 0 fully saturated rings. The van der Waals surface area contributed by atoms with Crippen molar-refractivity contribution in [1.82, 2.24) is 0 Å². The lowest BCUT2D eigenvalue weighted by Gasteiger charge is -2.27. The smallest absolute Gasteiger partial charge is 0.159 e. The van der Waals surface area contributed by atoms with Crippen molar-refractivity contribution in [2.75, 3.05) is 4.90 Å². The van der Waals surface area contributed by atoms with Crippen molar-refractivity contribution in [3.8, 4) is 44.5 Å². The summed E-state index contributed by atoms with van der Waals surface area (Å²) in [5.41, 5.74) is 14.2. The van der Waals surface area contributed by atoms with Crippen LogP contribution in [-0.2, 0) is 0 Å². The minimum atomic E-state index is 0.858. The number of anilines is 3. The summed E-state index contributed by atoms with van der Waals surface area (Å²) in [7, 11) is 0. The molecule has 0 aliphatic heterocycles. The molecule has 0 atom stereocenters. The third-order valence-corrected chi connectivity index (χ3v) is 10.4. The first-order valence-corrected chi connectivity index (χ1v) is 18.4. The fraction of sp³-hybridized carbons (Fsp3) is 0. The van der Waals surface area contributed by atoms with Gasteiger partial charge < -0.3 is 9.32 Å².